The molecule has 0 saturated carbocycles. The average molecular weight is 380 g/mol. The van der Waals surface area contributed by atoms with Gasteiger partial charge in [-0.05, 0) is 44.5 Å². The summed E-state index contributed by atoms with van der Waals surface area (Å²) >= 11 is 0. The van der Waals surface area contributed by atoms with Gasteiger partial charge < -0.3 is 4.90 Å². The number of fused-ring (bicyclic) bond motifs is 1. The minimum atomic E-state index is -1.47. The molecule has 0 aliphatic carbocycles. The Morgan fingerprint density at radius 3 is 2.36 bits per heavy atom. The number of benzene rings is 1. The van der Waals surface area contributed by atoms with Gasteiger partial charge in [-0.1, -0.05) is 6.07 Å². The normalized spacial score (nSPS) is 17.1. The summed E-state index contributed by atoms with van der Waals surface area (Å²) in [5.74, 6) is 0.608. The summed E-state index contributed by atoms with van der Waals surface area (Å²) in [7, 11) is 0. The first kappa shape index (κ1) is 18.7. The maximum atomic E-state index is 14.2. The van der Waals surface area contributed by atoms with E-state index in [2.05, 4.69) is 48.8 Å². The first-order valence-electron chi connectivity index (χ1n) is 9.64. The number of nitrogens with zero attached hydrogens (tertiary/aromatic N) is 6. The smallest absolute Gasteiger partial charge is 0.225 e. The van der Waals surface area contributed by atoms with Gasteiger partial charge >= 0.3 is 0 Å². The van der Waals surface area contributed by atoms with Gasteiger partial charge in [0.25, 0.3) is 0 Å². The molecule has 1 saturated heterocycles. The second kappa shape index (κ2) is 7.39. The molecule has 1 fully saturated rings. The summed E-state index contributed by atoms with van der Waals surface area (Å²) < 4.78 is 14.2. The highest BCUT2D eigenvalue weighted by atomic mass is 19.1. The van der Waals surface area contributed by atoms with Gasteiger partial charge in [-0.15, -0.1) is 0 Å². The topological polar surface area (TPSA) is 58.0 Å². The molecule has 146 valence electrons. The van der Waals surface area contributed by atoms with Crippen LogP contribution in [0.15, 0.2) is 42.9 Å². The Morgan fingerprint density at radius 2 is 1.64 bits per heavy atom. The highest BCUT2D eigenvalue weighted by Crippen LogP contribution is 2.26. The molecule has 1 aromatic carbocycles. The summed E-state index contributed by atoms with van der Waals surface area (Å²) in [6, 6.07) is 8.21. The number of piperazine rings is 1. The maximum absolute atomic E-state index is 14.2. The van der Waals surface area contributed by atoms with Crippen molar-refractivity contribution in [3.8, 4) is 0 Å². The molecule has 4 rings (SSSR count). The first-order chi connectivity index (χ1) is 13.4. The zero-order valence-corrected chi connectivity index (χ0v) is 16.5. The molecule has 1 unspecified atom stereocenters. The van der Waals surface area contributed by atoms with E-state index in [9.17, 15) is 4.39 Å². The predicted molar refractivity (Wildman–Crippen MR) is 108 cm³/mol. The zero-order chi connectivity index (χ0) is 19.7. The number of rotatable bonds is 4. The van der Waals surface area contributed by atoms with Crippen LogP contribution < -0.4 is 4.90 Å². The summed E-state index contributed by atoms with van der Waals surface area (Å²) in [5, 5.41) is 0. The molecule has 0 radical (unpaired) electrons. The lowest BCUT2D eigenvalue weighted by molar-refractivity contribution is 0.197. The third-order valence-corrected chi connectivity index (χ3v) is 5.37. The molecule has 2 aromatic heterocycles. The van der Waals surface area contributed by atoms with Crippen molar-refractivity contribution in [1.82, 2.24) is 24.8 Å². The Balaban J connectivity index is 1.44. The molecule has 1 aliphatic heterocycles. The number of hydrogen-bond acceptors (Lipinski definition) is 6. The molecular formula is C21H25FN6. The number of hydrogen-bond donors (Lipinski definition) is 0. The van der Waals surface area contributed by atoms with Crippen molar-refractivity contribution in [2.75, 3.05) is 31.1 Å². The predicted octanol–water partition coefficient (Wildman–Crippen LogP) is 3.51. The van der Waals surface area contributed by atoms with Crippen LogP contribution in [0, 0.1) is 0 Å². The molecule has 0 bridgehead atoms. The Hall–Kier alpha value is -2.67. The fourth-order valence-electron chi connectivity index (χ4n) is 3.59. The molecule has 0 spiro atoms. The van der Waals surface area contributed by atoms with Crippen LogP contribution >= 0.6 is 0 Å². The Bertz CT molecular complexity index is 962. The van der Waals surface area contributed by atoms with Crippen molar-refractivity contribution in [1.29, 1.82) is 0 Å². The van der Waals surface area contributed by atoms with Crippen LogP contribution in [0.25, 0.3) is 11.0 Å². The number of anilines is 1. The van der Waals surface area contributed by atoms with E-state index in [4.69, 9.17) is 0 Å². The Morgan fingerprint density at radius 1 is 0.929 bits per heavy atom. The standard InChI is InChI=1S/C21H25FN6/c1-15(16-4-5-17-18(14-16)24-9-8-23-17)27-10-12-28(13-11-27)20-25-7-6-19(26-20)21(2,3)22/h4-9,14-15H,10-13H2,1-3H3. The third kappa shape index (κ3) is 3.80. The molecular weight excluding hydrogens is 355 g/mol. The van der Waals surface area contributed by atoms with E-state index in [1.165, 1.54) is 19.4 Å². The van der Waals surface area contributed by atoms with Gasteiger partial charge in [0.05, 0.1) is 16.7 Å². The largest absolute Gasteiger partial charge is 0.338 e. The highest BCUT2D eigenvalue weighted by molar-refractivity contribution is 5.74. The van der Waals surface area contributed by atoms with Crippen LogP contribution in [0.1, 0.15) is 38.1 Å². The maximum Gasteiger partial charge on any atom is 0.225 e. The van der Waals surface area contributed by atoms with E-state index in [-0.39, 0.29) is 6.04 Å². The molecule has 7 heteroatoms. The van der Waals surface area contributed by atoms with Gasteiger partial charge in [0, 0.05) is 50.8 Å². The summed E-state index contributed by atoms with van der Waals surface area (Å²) in [4.78, 5) is 22.1. The van der Waals surface area contributed by atoms with Crippen LogP contribution in [0.4, 0.5) is 10.3 Å². The van der Waals surface area contributed by atoms with Crippen molar-refractivity contribution in [2.24, 2.45) is 0 Å². The first-order valence-corrected chi connectivity index (χ1v) is 9.64. The molecule has 6 nitrogen and oxygen atoms in total. The van der Waals surface area contributed by atoms with Gasteiger partial charge in [0.2, 0.25) is 5.95 Å². The van der Waals surface area contributed by atoms with Crippen LogP contribution in [0.3, 0.4) is 0 Å². The minimum Gasteiger partial charge on any atom is -0.338 e. The number of alkyl halides is 1. The fourth-order valence-corrected chi connectivity index (χ4v) is 3.59. The van der Waals surface area contributed by atoms with Gasteiger partial charge in [-0.25, -0.2) is 14.4 Å². The van der Waals surface area contributed by atoms with Crippen LogP contribution in [-0.2, 0) is 5.67 Å². The van der Waals surface area contributed by atoms with Gasteiger partial charge in [0.1, 0.15) is 5.67 Å². The summed E-state index contributed by atoms with van der Waals surface area (Å²) in [5.41, 5.74) is 2.03. The highest BCUT2D eigenvalue weighted by Gasteiger charge is 2.26. The molecule has 1 atom stereocenters. The molecule has 3 heterocycles. The van der Waals surface area contributed by atoms with Crippen molar-refractivity contribution in [2.45, 2.75) is 32.5 Å². The lowest BCUT2D eigenvalue weighted by Crippen LogP contribution is -2.47. The lowest BCUT2D eigenvalue weighted by atomic mass is 10.0. The van der Waals surface area contributed by atoms with E-state index in [0.29, 0.717) is 11.6 Å². The molecule has 3 aromatic rings. The molecule has 28 heavy (non-hydrogen) atoms. The molecule has 1 aliphatic rings. The molecule has 0 N–H and O–H groups in total. The SMILES string of the molecule is CC(c1ccc2nccnc2c1)N1CCN(c2nccc(C(C)(C)F)n2)CC1. The second-order valence-electron chi connectivity index (χ2n) is 7.72. The van der Waals surface area contributed by atoms with Crippen molar-refractivity contribution in [3.05, 3.63) is 54.1 Å². The minimum absolute atomic E-state index is 0.283. The monoisotopic (exact) mass is 380 g/mol. The Labute approximate surface area is 164 Å². The van der Waals surface area contributed by atoms with Crippen LogP contribution in [0.2, 0.25) is 0 Å². The van der Waals surface area contributed by atoms with Crippen molar-refractivity contribution < 1.29 is 4.39 Å². The van der Waals surface area contributed by atoms with Crippen molar-refractivity contribution >= 4 is 17.0 Å². The zero-order valence-electron chi connectivity index (χ0n) is 16.5. The van der Waals surface area contributed by atoms with E-state index in [1.54, 1.807) is 24.7 Å². The van der Waals surface area contributed by atoms with Gasteiger partial charge in [0.15, 0.2) is 0 Å². The number of aromatic nitrogens is 4. The van der Waals surface area contributed by atoms with E-state index >= 15 is 0 Å². The average Bonchev–Trinajstić information content (AvgIpc) is 2.72. The van der Waals surface area contributed by atoms with E-state index in [0.717, 1.165) is 37.2 Å². The summed E-state index contributed by atoms with van der Waals surface area (Å²) in [6.07, 6.45) is 5.08. The lowest BCUT2D eigenvalue weighted by Gasteiger charge is -2.38. The fraction of sp³-hybridized carbons (Fsp3) is 0.429. The van der Waals surface area contributed by atoms with E-state index in [1.807, 2.05) is 6.07 Å². The van der Waals surface area contributed by atoms with Crippen LogP contribution in [-0.4, -0.2) is 51.0 Å². The quantitative estimate of drug-likeness (QED) is 0.690. The second-order valence-corrected chi connectivity index (χ2v) is 7.72. The Kier molecular flexibility index (Phi) is 4.93. The third-order valence-electron chi connectivity index (χ3n) is 5.37. The number of halogens is 1. The van der Waals surface area contributed by atoms with Crippen molar-refractivity contribution in [3.63, 3.8) is 0 Å². The van der Waals surface area contributed by atoms with Crippen LogP contribution in [0.5, 0.6) is 0 Å². The molecule has 0 amide bonds. The van der Waals surface area contributed by atoms with Gasteiger partial charge in [-0.2, -0.15) is 0 Å². The summed E-state index contributed by atoms with van der Waals surface area (Å²) in [6.45, 7) is 8.68. The van der Waals surface area contributed by atoms with E-state index < -0.39 is 5.67 Å². The van der Waals surface area contributed by atoms with Gasteiger partial charge in [-0.3, -0.25) is 14.9 Å².